The molecule has 0 saturated carbocycles. The zero-order chi connectivity index (χ0) is 12.2. The molecular weight excluding hydrogens is 224 g/mol. The lowest BCUT2D eigenvalue weighted by atomic mass is 10.0. The van der Waals surface area contributed by atoms with Crippen LogP contribution in [0.15, 0.2) is 11.2 Å². The zero-order valence-corrected chi connectivity index (χ0v) is 10.9. The van der Waals surface area contributed by atoms with Crippen molar-refractivity contribution in [2.75, 3.05) is 0 Å². The Kier molecular flexibility index (Phi) is 4.35. The van der Waals surface area contributed by atoms with E-state index in [0.29, 0.717) is 0 Å². The molecule has 1 aromatic rings. The van der Waals surface area contributed by atoms with Gasteiger partial charge < -0.3 is 5.32 Å². The van der Waals surface area contributed by atoms with Crippen LogP contribution in [0.2, 0.25) is 0 Å². The van der Waals surface area contributed by atoms with Gasteiger partial charge >= 0.3 is 0 Å². The number of nitrogens with one attached hydrogen (secondary N) is 2. The second-order valence-electron chi connectivity index (χ2n) is 4.30. The number of thioether (sulfide) groups is 1. The summed E-state index contributed by atoms with van der Waals surface area (Å²) in [7, 11) is 0. The average molecular weight is 242 g/mol. The van der Waals surface area contributed by atoms with E-state index in [9.17, 15) is 4.79 Å². The normalized spacial score (nSPS) is 13.5. The third-order valence-electron chi connectivity index (χ3n) is 2.41. The van der Waals surface area contributed by atoms with E-state index in [0.717, 1.165) is 11.4 Å². The number of aromatic amines is 1. The highest BCUT2D eigenvalue weighted by Crippen LogP contribution is 2.20. The van der Waals surface area contributed by atoms with Crippen molar-refractivity contribution in [2.24, 2.45) is 0 Å². The lowest BCUT2D eigenvalue weighted by molar-refractivity contribution is -0.121. The van der Waals surface area contributed by atoms with Crippen molar-refractivity contribution in [3.05, 3.63) is 6.20 Å². The molecule has 1 amide bonds. The lowest BCUT2D eigenvalue weighted by Gasteiger charge is -2.26. The fourth-order valence-corrected chi connectivity index (χ4v) is 1.74. The first kappa shape index (κ1) is 13.0. The smallest absolute Gasteiger partial charge is 0.233 e. The topological polar surface area (TPSA) is 70.7 Å². The summed E-state index contributed by atoms with van der Waals surface area (Å²) in [5.74, 6) is 0.0276. The van der Waals surface area contributed by atoms with Gasteiger partial charge in [-0.2, -0.15) is 10.3 Å². The lowest BCUT2D eigenvalue weighted by Crippen LogP contribution is -2.46. The van der Waals surface area contributed by atoms with Crippen molar-refractivity contribution < 1.29 is 4.79 Å². The molecule has 1 rings (SSSR count). The molecule has 16 heavy (non-hydrogen) atoms. The minimum absolute atomic E-state index is 0.0276. The SMILES string of the molecule is CCC(C)(C)NC(=O)C(C)Sc1cn[nH]n1. The van der Waals surface area contributed by atoms with Gasteiger partial charge in [0.05, 0.1) is 11.4 Å². The molecule has 0 aliphatic carbocycles. The van der Waals surface area contributed by atoms with Crippen LogP contribution in [0, 0.1) is 0 Å². The van der Waals surface area contributed by atoms with Gasteiger partial charge in [-0.15, -0.1) is 5.10 Å². The minimum atomic E-state index is -0.170. The molecule has 0 aliphatic heterocycles. The Morgan fingerprint density at radius 1 is 1.69 bits per heavy atom. The Bertz CT molecular complexity index is 337. The summed E-state index contributed by atoms with van der Waals surface area (Å²) in [6.07, 6.45) is 2.51. The molecule has 0 fully saturated rings. The Morgan fingerprint density at radius 2 is 2.38 bits per heavy atom. The predicted molar refractivity (Wildman–Crippen MR) is 64.2 cm³/mol. The van der Waals surface area contributed by atoms with Crippen molar-refractivity contribution in [1.82, 2.24) is 20.7 Å². The van der Waals surface area contributed by atoms with Crippen molar-refractivity contribution in [3.8, 4) is 0 Å². The number of hydrogen-bond donors (Lipinski definition) is 2. The Morgan fingerprint density at radius 3 is 2.88 bits per heavy atom. The van der Waals surface area contributed by atoms with Gasteiger partial charge in [0.15, 0.2) is 0 Å². The van der Waals surface area contributed by atoms with E-state index in [1.165, 1.54) is 11.8 Å². The van der Waals surface area contributed by atoms with Gasteiger partial charge in [-0.25, -0.2) is 0 Å². The first-order valence-electron chi connectivity index (χ1n) is 5.29. The van der Waals surface area contributed by atoms with Crippen molar-refractivity contribution >= 4 is 17.7 Å². The number of amides is 1. The van der Waals surface area contributed by atoms with Crippen LogP contribution < -0.4 is 5.32 Å². The summed E-state index contributed by atoms with van der Waals surface area (Å²) in [4.78, 5) is 11.9. The molecule has 1 heterocycles. The molecule has 5 nitrogen and oxygen atoms in total. The van der Waals surface area contributed by atoms with Gasteiger partial charge in [-0.1, -0.05) is 18.7 Å². The Labute approximate surface area is 99.8 Å². The maximum absolute atomic E-state index is 11.9. The summed E-state index contributed by atoms with van der Waals surface area (Å²) in [6.45, 7) is 7.94. The average Bonchev–Trinajstić information content (AvgIpc) is 2.69. The van der Waals surface area contributed by atoms with Gasteiger partial charge in [0, 0.05) is 5.54 Å². The molecule has 0 radical (unpaired) electrons. The molecule has 1 aromatic heterocycles. The number of carbonyl (C=O) groups excluding carboxylic acids is 1. The molecule has 0 aliphatic rings. The van der Waals surface area contributed by atoms with E-state index in [4.69, 9.17) is 0 Å². The van der Waals surface area contributed by atoms with E-state index >= 15 is 0 Å². The molecule has 0 spiro atoms. The fraction of sp³-hybridized carbons (Fsp3) is 0.700. The Balaban J connectivity index is 2.48. The first-order valence-corrected chi connectivity index (χ1v) is 6.17. The third kappa shape index (κ3) is 3.84. The summed E-state index contributed by atoms with van der Waals surface area (Å²) >= 11 is 1.39. The summed E-state index contributed by atoms with van der Waals surface area (Å²) < 4.78 is 0. The van der Waals surface area contributed by atoms with Crippen LogP contribution in [0.4, 0.5) is 0 Å². The van der Waals surface area contributed by atoms with Gasteiger partial charge in [-0.05, 0) is 27.2 Å². The number of nitrogens with zero attached hydrogens (tertiary/aromatic N) is 2. The van der Waals surface area contributed by atoms with Crippen molar-refractivity contribution in [2.45, 2.75) is 49.9 Å². The third-order valence-corrected chi connectivity index (χ3v) is 3.41. The van der Waals surface area contributed by atoms with Crippen LogP contribution in [-0.4, -0.2) is 32.1 Å². The summed E-state index contributed by atoms with van der Waals surface area (Å²) in [5.41, 5.74) is -0.157. The van der Waals surface area contributed by atoms with Crippen LogP contribution in [0.5, 0.6) is 0 Å². The van der Waals surface area contributed by atoms with E-state index in [1.54, 1.807) is 6.20 Å². The monoisotopic (exact) mass is 242 g/mol. The molecule has 1 unspecified atom stereocenters. The van der Waals surface area contributed by atoms with E-state index in [-0.39, 0.29) is 16.7 Å². The van der Waals surface area contributed by atoms with Crippen LogP contribution in [0.1, 0.15) is 34.1 Å². The number of carbonyl (C=O) groups is 1. The van der Waals surface area contributed by atoms with E-state index in [1.807, 2.05) is 20.8 Å². The molecule has 1 atom stereocenters. The second-order valence-corrected chi connectivity index (χ2v) is 5.66. The zero-order valence-electron chi connectivity index (χ0n) is 10.1. The van der Waals surface area contributed by atoms with Crippen LogP contribution in [-0.2, 0) is 4.79 Å². The molecule has 2 N–H and O–H groups in total. The maximum Gasteiger partial charge on any atom is 0.233 e. The molecule has 90 valence electrons. The van der Waals surface area contributed by atoms with Crippen LogP contribution in [0.25, 0.3) is 0 Å². The number of H-pyrrole nitrogens is 1. The molecule has 0 bridgehead atoms. The Hall–Kier alpha value is -1.04. The maximum atomic E-state index is 11.9. The first-order chi connectivity index (χ1) is 7.44. The summed E-state index contributed by atoms with van der Waals surface area (Å²) in [6, 6.07) is 0. The van der Waals surface area contributed by atoms with Crippen molar-refractivity contribution in [1.29, 1.82) is 0 Å². The quantitative estimate of drug-likeness (QED) is 0.769. The standard InChI is InChI=1S/C10H18N4OS/c1-5-10(3,4)12-9(15)7(2)16-8-6-11-14-13-8/h6-7H,5H2,1-4H3,(H,12,15)(H,11,13,14). The minimum Gasteiger partial charge on any atom is -0.350 e. The van der Waals surface area contributed by atoms with Crippen LogP contribution in [0.3, 0.4) is 0 Å². The predicted octanol–water partition coefficient (Wildman–Crippen LogP) is 1.59. The second kappa shape index (κ2) is 5.34. The van der Waals surface area contributed by atoms with Gasteiger partial charge in [0.1, 0.15) is 5.03 Å². The molecular formula is C10H18N4OS. The van der Waals surface area contributed by atoms with Gasteiger partial charge in [-0.3, -0.25) is 4.79 Å². The molecule has 6 heteroatoms. The fourth-order valence-electron chi connectivity index (χ4n) is 1.01. The van der Waals surface area contributed by atoms with E-state index in [2.05, 4.69) is 27.7 Å². The number of aromatic nitrogens is 3. The van der Waals surface area contributed by atoms with Gasteiger partial charge in [0.2, 0.25) is 5.91 Å². The van der Waals surface area contributed by atoms with E-state index < -0.39 is 0 Å². The highest BCUT2D eigenvalue weighted by molar-refractivity contribution is 8.00. The van der Waals surface area contributed by atoms with Crippen LogP contribution >= 0.6 is 11.8 Å². The summed E-state index contributed by atoms with van der Waals surface area (Å²) in [5, 5.41) is 13.7. The highest BCUT2D eigenvalue weighted by Gasteiger charge is 2.22. The van der Waals surface area contributed by atoms with Crippen molar-refractivity contribution in [3.63, 3.8) is 0 Å². The highest BCUT2D eigenvalue weighted by atomic mass is 32.2. The van der Waals surface area contributed by atoms with Gasteiger partial charge in [0.25, 0.3) is 0 Å². The molecule has 0 saturated heterocycles. The number of hydrogen-bond acceptors (Lipinski definition) is 4. The molecule has 0 aromatic carbocycles. The number of rotatable bonds is 5. The largest absolute Gasteiger partial charge is 0.350 e.